The first kappa shape index (κ1) is 12.2. The van der Waals surface area contributed by atoms with E-state index in [0.717, 1.165) is 11.5 Å². The van der Waals surface area contributed by atoms with Crippen LogP contribution in [0.2, 0.25) is 0 Å². The van der Waals surface area contributed by atoms with Gasteiger partial charge in [0, 0.05) is 0 Å². The molecule has 3 heteroatoms. The fourth-order valence-electron chi connectivity index (χ4n) is 1.36. The van der Waals surface area contributed by atoms with Crippen molar-refractivity contribution in [2.45, 2.75) is 0 Å². The Morgan fingerprint density at radius 1 is 0.765 bits per heavy atom. The quantitative estimate of drug-likeness (QED) is 0.766. The predicted molar refractivity (Wildman–Crippen MR) is 65.3 cm³/mol. The van der Waals surface area contributed by atoms with E-state index in [1.807, 2.05) is 24.3 Å². The molecule has 2 rings (SSSR count). The molecule has 0 spiro atoms. The zero-order valence-electron chi connectivity index (χ0n) is 9.75. The van der Waals surface area contributed by atoms with Crippen molar-refractivity contribution in [3.63, 3.8) is 0 Å². The van der Waals surface area contributed by atoms with Crippen LogP contribution in [0.4, 0.5) is 0 Å². The van der Waals surface area contributed by atoms with Gasteiger partial charge in [0.15, 0.2) is 0 Å². The first-order chi connectivity index (χ1) is 8.31. The number of hydrogen-bond donors (Lipinski definition) is 0. The molecule has 0 aromatic heterocycles. The van der Waals surface area contributed by atoms with Crippen LogP contribution >= 0.6 is 0 Å². The second-order valence-corrected chi connectivity index (χ2v) is 6.52. The van der Waals surface area contributed by atoms with Crippen LogP contribution in [-0.4, -0.2) is 14.2 Å². The molecule has 2 nitrogen and oxygen atoms in total. The molecular weight excluding hydrogens is 395 g/mol. The molecule has 92 valence electrons. The molecule has 17 heavy (non-hydrogen) atoms. The van der Waals surface area contributed by atoms with Crippen LogP contribution in [0.1, 0.15) is 0 Å². The second kappa shape index (κ2) is 5.88. The van der Waals surface area contributed by atoms with Crippen LogP contribution in [0.15, 0.2) is 48.5 Å². The molecule has 0 heterocycles. The second-order valence-electron chi connectivity index (χ2n) is 3.33. The third-order valence-electron chi connectivity index (χ3n) is 2.21. The number of ether oxygens (including phenoxy) is 2. The standard InChI is InChI=1S/2C7H7O.Pt/c2*1-8-7-5-3-2-4-6-7;/h2*2-3,5-6H,1H3;. The van der Waals surface area contributed by atoms with Gasteiger partial charge in [-0.2, -0.15) is 0 Å². The number of rotatable bonds is 4. The first-order valence-corrected chi connectivity index (χ1v) is 7.46. The van der Waals surface area contributed by atoms with E-state index in [1.54, 1.807) is 14.2 Å². The van der Waals surface area contributed by atoms with Crippen molar-refractivity contribution in [2.75, 3.05) is 14.2 Å². The summed E-state index contributed by atoms with van der Waals surface area (Å²) in [7, 11) is 3.40. The van der Waals surface area contributed by atoms with Crippen molar-refractivity contribution < 1.29 is 28.0 Å². The molecule has 0 bridgehead atoms. The van der Waals surface area contributed by atoms with Gasteiger partial charge in [-0.05, 0) is 0 Å². The minimum absolute atomic E-state index is 0.188. The Hall–Kier alpha value is -1.27. The number of hydrogen-bond acceptors (Lipinski definition) is 2. The van der Waals surface area contributed by atoms with E-state index in [4.69, 9.17) is 9.47 Å². The summed E-state index contributed by atoms with van der Waals surface area (Å²) in [5, 5.41) is 0. The molecular formula is C14H14O2Pt. The molecule has 0 atom stereocenters. The average Bonchev–Trinajstić information content (AvgIpc) is 2.39. The normalized spacial score (nSPS) is 10.2. The monoisotopic (exact) mass is 409 g/mol. The molecule has 0 saturated heterocycles. The van der Waals surface area contributed by atoms with Gasteiger partial charge in [-0.25, -0.2) is 0 Å². The van der Waals surface area contributed by atoms with E-state index in [0.29, 0.717) is 0 Å². The Labute approximate surface area is 110 Å². The molecule has 0 unspecified atom stereocenters. The van der Waals surface area contributed by atoms with Crippen molar-refractivity contribution in [3.05, 3.63) is 48.5 Å². The summed E-state index contributed by atoms with van der Waals surface area (Å²) in [5.74, 6) is 1.84. The summed E-state index contributed by atoms with van der Waals surface area (Å²) < 4.78 is 13.2. The van der Waals surface area contributed by atoms with E-state index in [-0.39, 0.29) is 18.6 Å². The van der Waals surface area contributed by atoms with Crippen molar-refractivity contribution in [1.29, 1.82) is 0 Å². The van der Waals surface area contributed by atoms with Crippen LogP contribution in [0.3, 0.4) is 0 Å². The molecule has 0 radical (unpaired) electrons. The van der Waals surface area contributed by atoms with Crippen LogP contribution in [0, 0.1) is 0 Å². The third kappa shape index (κ3) is 3.34. The Morgan fingerprint density at radius 2 is 1.24 bits per heavy atom. The SMILES string of the molecule is COc1ccc[c]([Pt][c]2cccc(OC)c2)c1. The van der Waals surface area contributed by atoms with E-state index >= 15 is 0 Å². The van der Waals surface area contributed by atoms with Gasteiger partial charge < -0.3 is 0 Å². The Balaban J connectivity index is 2.18. The summed E-state index contributed by atoms with van der Waals surface area (Å²) in [6.07, 6.45) is 0. The van der Waals surface area contributed by atoms with Gasteiger partial charge in [-0.3, -0.25) is 0 Å². The van der Waals surface area contributed by atoms with E-state index < -0.39 is 0 Å². The number of benzene rings is 2. The number of methoxy groups -OCH3 is 2. The van der Waals surface area contributed by atoms with E-state index in [1.165, 1.54) is 7.91 Å². The summed E-state index contributed by atoms with van der Waals surface area (Å²) >= 11 is -0.188. The van der Waals surface area contributed by atoms with Crippen LogP contribution in [0.25, 0.3) is 0 Å². The zero-order valence-corrected chi connectivity index (χ0v) is 12.0. The zero-order chi connectivity index (χ0) is 12.1. The fraction of sp³-hybridized carbons (Fsp3) is 0.143. The molecule has 0 saturated carbocycles. The fourth-order valence-corrected chi connectivity index (χ4v) is 3.91. The third-order valence-corrected chi connectivity index (χ3v) is 4.93. The van der Waals surface area contributed by atoms with Crippen molar-refractivity contribution >= 4 is 7.91 Å². The van der Waals surface area contributed by atoms with Crippen LogP contribution in [-0.2, 0) is 18.6 Å². The summed E-state index contributed by atoms with van der Waals surface area (Å²) in [4.78, 5) is 0. The van der Waals surface area contributed by atoms with Gasteiger partial charge in [-0.15, -0.1) is 0 Å². The molecule has 0 aliphatic heterocycles. The van der Waals surface area contributed by atoms with Crippen molar-refractivity contribution in [3.8, 4) is 11.5 Å². The van der Waals surface area contributed by atoms with Crippen molar-refractivity contribution in [2.24, 2.45) is 0 Å². The van der Waals surface area contributed by atoms with Gasteiger partial charge in [0.1, 0.15) is 0 Å². The topological polar surface area (TPSA) is 18.5 Å². The Kier molecular flexibility index (Phi) is 4.22. The van der Waals surface area contributed by atoms with Crippen LogP contribution in [0.5, 0.6) is 11.5 Å². The Bertz CT molecular complexity index is 452. The molecule has 0 aliphatic rings. The van der Waals surface area contributed by atoms with Crippen LogP contribution < -0.4 is 17.4 Å². The van der Waals surface area contributed by atoms with Gasteiger partial charge in [0.2, 0.25) is 0 Å². The van der Waals surface area contributed by atoms with Gasteiger partial charge in [-0.1, -0.05) is 0 Å². The molecule has 0 aliphatic carbocycles. The summed E-state index contributed by atoms with van der Waals surface area (Å²) in [6.45, 7) is 0. The Morgan fingerprint density at radius 3 is 1.65 bits per heavy atom. The molecule has 0 N–H and O–H groups in total. The maximum atomic E-state index is 5.23. The molecule has 2 aromatic rings. The predicted octanol–water partition coefficient (Wildman–Crippen LogP) is 1.74. The summed E-state index contributed by atoms with van der Waals surface area (Å²) in [6, 6.07) is 16.5. The van der Waals surface area contributed by atoms with Gasteiger partial charge >= 0.3 is 110 Å². The van der Waals surface area contributed by atoms with E-state index in [2.05, 4.69) is 24.3 Å². The van der Waals surface area contributed by atoms with Crippen molar-refractivity contribution in [1.82, 2.24) is 0 Å². The molecule has 2 aromatic carbocycles. The maximum absolute atomic E-state index is 5.23. The minimum atomic E-state index is -0.188. The average molecular weight is 409 g/mol. The van der Waals surface area contributed by atoms with Gasteiger partial charge in [0.05, 0.1) is 0 Å². The summed E-state index contributed by atoms with van der Waals surface area (Å²) in [5.41, 5.74) is 0. The van der Waals surface area contributed by atoms with E-state index in [9.17, 15) is 0 Å². The van der Waals surface area contributed by atoms with Gasteiger partial charge in [0.25, 0.3) is 0 Å². The molecule has 0 amide bonds. The molecule has 0 fully saturated rings. The first-order valence-electron chi connectivity index (χ1n) is 5.18.